The number of hydrogen-bond acceptors (Lipinski definition) is 5. The summed E-state index contributed by atoms with van der Waals surface area (Å²) in [5.74, 6) is 2.10. The fraction of sp³-hybridized carbons (Fsp3) is 0.700. The fourth-order valence-corrected chi connectivity index (χ4v) is 9.01. The number of furan rings is 1. The van der Waals surface area contributed by atoms with Crippen LogP contribution in [0.4, 0.5) is 0 Å². The Hall–Kier alpha value is -2.57. The molecule has 0 spiro atoms. The number of methoxy groups -OCH3 is 1. The molecule has 7 rings (SSSR count). The van der Waals surface area contributed by atoms with Crippen LogP contribution in [0.15, 0.2) is 34.6 Å². The summed E-state index contributed by atoms with van der Waals surface area (Å²) >= 11 is 0. The number of allylic oxidation sites excluding steroid dienone is 1. The number of nitrogens with zero attached hydrogens (tertiary/aromatic N) is 1. The maximum absolute atomic E-state index is 13.8. The third kappa shape index (κ3) is 4.52. The van der Waals surface area contributed by atoms with Gasteiger partial charge < -0.3 is 19.4 Å². The number of carbonyl (C=O) groups is 3. The van der Waals surface area contributed by atoms with Crippen LogP contribution < -0.4 is 5.32 Å². The lowest BCUT2D eigenvalue weighted by Gasteiger charge is -2.57. The van der Waals surface area contributed by atoms with Crippen molar-refractivity contribution < 1.29 is 23.5 Å². The summed E-state index contributed by atoms with van der Waals surface area (Å²) in [6.07, 6.45) is 15.2. The highest BCUT2D eigenvalue weighted by Crippen LogP contribution is 2.59. The molecule has 0 aromatic carbocycles. The Kier molecular flexibility index (Phi) is 6.44. The number of rotatable bonds is 7. The first-order valence-corrected chi connectivity index (χ1v) is 14.3. The van der Waals surface area contributed by atoms with Crippen molar-refractivity contribution in [3.8, 4) is 0 Å². The highest BCUT2D eigenvalue weighted by molar-refractivity contribution is 5.92. The van der Waals surface area contributed by atoms with Gasteiger partial charge in [0.2, 0.25) is 11.8 Å². The first kappa shape index (κ1) is 24.7. The quantitative estimate of drug-likeness (QED) is 0.526. The van der Waals surface area contributed by atoms with Crippen molar-refractivity contribution in [1.82, 2.24) is 10.2 Å². The van der Waals surface area contributed by atoms with Gasteiger partial charge in [-0.3, -0.25) is 14.4 Å². The zero-order valence-electron chi connectivity index (χ0n) is 22.0. The predicted molar refractivity (Wildman–Crippen MR) is 137 cm³/mol. The average Bonchev–Trinajstić information content (AvgIpc) is 3.29. The second-order valence-electron chi connectivity index (χ2n) is 12.7. The van der Waals surface area contributed by atoms with Gasteiger partial charge in [-0.25, -0.2) is 0 Å². The third-order valence-electron chi connectivity index (χ3n) is 10.1. The Morgan fingerprint density at radius 3 is 2.49 bits per heavy atom. The number of likely N-dealkylation sites (tertiary alicyclic amines) is 1. The smallest absolute Gasteiger partial charge is 0.317 e. The van der Waals surface area contributed by atoms with E-state index in [1.54, 1.807) is 17.2 Å². The van der Waals surface area contributed by atoms with E-state index in [9.17, 15) is 14.4 Å². The topological polar surface area (TPSA) is 88.8 Å². The van der Waals surface area contributed by atoms with Gasteiger partial charge in [-0.1, -0.05) is 12.5 Å². The van der Waals surface area contributed by atoms with Gasteiger partial charge in [0.05, 0.1) is 19.9 Å². The molecule has 0 unspecified atom stereocenters. The molecule has 1 aliphatic heterocycles. The average molecular weight is 509 g/mol. The van der Waals surface area contributed by atoms with Crippen LogP contribution in [0.3, 0.4) is 0 Å². The van der Waals surface area contributed by atoms with Crippen molar-refractivity contribution in [2.24, 2.45) is 34.5 Å². The number of ether oxygens (including phenoxy) is 1. The Balaban J connectivity index is 1.21. The zero-order valence-corrected chi connectivity index (χ0v) is 22.0. The maximum atomic E-state index is 13.8. The van der Waals surface area contributed by atoms with Crippen LogP contribution in [-0.4, -0.2) is 36.3 Å². The monoisotopic (exact) mass is 508 g/mol. The van der Waals surface area contributed by atoms with Crippen molar-refractivity contribution in [2.45, 2.75) is 83.6 Å². The van der Waals surface area contributed by atoms with Crippen LogP contribution in [-0.2, 0) is 25.7 Å². The summed E-state index contributed by atoms with van der Waals surface area (Å²) in [6, 6.07) is 3.64. The van der Waals surface area contributed by atoms with Crippen molar-refractivity contribution in [1.29, 1.82) is 0 Å². The number of nitrogens with one attached hydrogen (secondary N) is 1. The maximum Gasteiger partial charge on any atom is 0.317 e. The molecule has 1 saturated heterocycles. The van der Waals surface area contributed by atoms with Crippen LogP contribution in [0.2, 0.25) is 0 Å². The Bertz CT molecular complexity index is 1040. The summed E-state index contributed by atoms with van der Waals surface area (Å²) in [4.78, 5) is 42.2. The molecule has 5 fully saturated rings. The lowest BCUT2D eigenvalue weighted by Crippen LogP contribution is -2.54. The molecule has 2 heterocycles. The second-order valence-corrected chi connectivity index (χ2v) is 12.7. The Morgan fingerprint density at radius 1 is 1.11 bits per heavy atom. The van der Waals surface area contributed by atoms with Gasteiger partial charge in [-0.15, -0.1) is 0 Å². The first-order chi connectivity index (χ1) is 17.9. The van der Waals surface area contributed by atoms with Gasteiger partial charge in [0.1, 0.15) is 11.2 Å². The van der Waals surface area contributed by atoms with Gasteiger partial charge in [-0.05, 0) is 99.5 Å². The lowest BCUT2D eigenvalue weighted by atomic mass is 9.49. The van der Waals surface area contributed by atoms with E-state index >= 15 is 0 Å². The first-order valence-electron chi connectivity index (χ1n) is 14.3. The second kappa shape index (κ2) is 9.63. The minimum absolute atomic E-state index is 0.0758. The minimum Gasteiger partial charge on any atom is -0.468 e. The van der Waals surface area contributed by atoms with E-state index in [-0.39, 0.29) is 36.2 Å². The fourth-order valence-electron chi connectivity index (χ4n) is 9.01. The van der Waals surface area contributed by atoms with Crippen LogP contribution in [0, 0.1) is 34.5 Å². The minimum atomic E-state index is -0.906. The highest BCUT2D eigenvalue weighted by Gasteiger charge is 2.54. The predicted octanol–water partition coefficient (Wildman–Crippen LogP) is 4.97. The number of esters is 1. The van der Waals surface area contributed by atoms with Crippen LogP contribution in [0.1, 0.15) is 82.8 Å². The van der Waals surface area contributed by atoms with Crippen LogP contribution >= 0.6 is 0 Å². The molecule has 1 aromatic rings. The largest absolute Gasteiger partial charge is 0.468 e. The van der Waals surface area contributed by atoms with Gasteiger partial charge in [0, 0.05) is 24.6 Å². The summed E-state index contributed by atoms with van der Waals surface area (Å²) in [6.45, 7) is 0.974. The number of carbonyl (C=O) groups excluding carboxylic acids is 3. The number of piperidine rings is 1. The molecule has 37 heavy (non-hydrogen) atoms. The zero-order chi connectivity index (χ0) is 25.6. The van der Waals surface area contributed by atoms with Crippen LogP contribution in [0.25, 0.3) is 0 Å². The molecule has 200 valence electrons. The van der Waals surface area contributed by atoms with E-state index in [2.05, 4.69) is 5.32 Å². The van der Waals surface area contributed by atoms with E-state index in [1.165, 1.54) is 45.6 Å². The van der Waals surface area contributed by atoms with E-state index in [4.69, 9.17) is 9.15 Å². The Morgan fingerprint density at radius 2 is 1.84 bits per heavy atom. The molecular weight excluding hydrogens is 468 g/mol. The summed E-state index contributed by atoms with van der Waals surface area (Å²) in [7, 11) is 1.42. The SMILES string of the molecule is COC(=O)[C@]12CCCCC=C1N(Cc1ccco1)C(=O)[C@H](CC(=O)NCC13CC4CC(CC(C4)C1)C3)C2. The molecule has 4 saturated carbocycles. The molecule has 7 nitrogen and oxygen atoms in total. The van der Waals surface area contributed by atoms with E-state index in [0.29, 0.717) is 18.6 Å². The third-order valence-corrected chi connectivity index (χ3v) is 10.1. The number of fused-ring (bicyclic) bond motifs is 1. The molecule has 2 amide bonds. The Labute approximate surface area is 219 Å². The highest BCUT2D eigenvalue weighted by atomic mass is 16.5. The van der Waals surface area contributed by atoms with Gasteiger partial charge >= 0.3 is 5.97 Å². The van der Waals surface area contributed by atoms with E-state index in [0.717, 1.165) is 49.3 Å². The number of amides is 2. The summed E-state index contributed by atoms with van der Waals surface area (Å²) < 4.78 is 10.9. The standard InChI is InChI=1S/C30H40N2O5/c1-36-28(35)30-8-4-2-3-7-25(30)32(18-24-6-5-9-37-24)27(34)23(17-30)13-26(33)31-19-29-14-20-10-21(15-29)12-22(11-20)16-29/h5-7,9,20-23H,2-4,8,10-19H2,1H3,(H,31,33)/t20?,21?,22?,23-,29?,30+/m1/s1. The van der Waals surface area contributed by atoms with Crippen molar-refractivity contribution >= 4 is 17.8 Å². The van der Waals surface area contributed by atoms with Gasteiger partial charge in [0.25, 0.3) is 0 Å². The van der Waals surface area contributed by atoms with Crippen LogP contribution in [0.5, 0.6) is 0 Å². The van der Waals surface area contributed by atoms with Crippen molar-refractivity contribution in [2.75, 3.05) is 13.7 Å². The molecule has 1 N–H and O–H groups in total. The molecule has 5 aliphatic carbocycles. The normalized spacial score (nSPS) is 36.5. The molecule has 6 aliphatic rings. The molecule has 2 atom stereocenters. The molecule has 1 aromatic heterocycles. The lowest BCUT2D eigenvalue weighted by molar-refractivity contribution is -0.160. The molecule has 4 bridgehead atoms. The van der Waals surface area contributed by atoms with Crippen molar-refractivity contribution in [3.05, 3.63) is 35.9 Å². The molecule has 0 radical (unpaired) electrons. The van der Waals surface area contributed by atoms with E-state index < -0.39 is 11.3 Å². The molecular formula is C30H40N2O5. The summed E-state index contributed by atoms with van der Waals surface area (Å²) in [5.41, 5.74) is 0.0661. The number of hydrogen-bond donors (Lipinski definition) is 1. The van der Waals surface area contributed by atoms with Gasteiger partial charge in [-0.2, -0.15) is 0 Å². The van der Waals surface area contributed by atoms with E-state index in [1.807, 2.05) is 12.1 Å². The van der Waals surface area contributed by atoms with Gasteiger partial charge in [0.15, 0.2) is 0 Å². The van der Waals surface area contributed by atoms with Crippen molar-refractivity contribution in [3.63, 3.8) is 0 Å². The summed E-state index contributed by atoms with van der Waals surface area (Å²) in [5, 5.41) is 3.25. The molecule has 7 heteroatoms.